The number of nitrogens with one attached hydrogen (secondary N) is 2. The average molecular weight is 300 g/mol. The Balaban J connectivity index is 1.87. The van der Waals surface area contributed by atoms with E-state index in [9.17, 15) is 9.59 Å². The molecule has 0 bridgehead atoms. The Kier molecular flexibility index (Phi) is 5.75. The molecule has 118 valence electrons. The second-order valence-electron chi connectivity index (χ2n) is 6.01. The molecule has 0 spiro atoms. The van der Waals surface area contributed by atoms with Gasteiger partial charge in [-0.05, 0) is 42.5 Å². The third kappa shape index (κ3) is 5.02. The Morgan fingerprint density at radius 1 is 1.14 bits per heavy atom. The van der Waals surface area contributed by atoms with Crippen molar-refractivity contribution in [1.82, 2.24) is 5.32 Å². The molecule has 0 heterocycles. The molecule has 2 amide bonds. The minimum Gasteiger partial charge on any atom is -0.350 e. The first-order chi connectivity index (χ1) is 10.5. The van der Waals surface area contributed by atoms with Gasteiger partial charge < -0.3 is 10.6 Å². The maximum absolute atomic E-state index is 12.0. The number of amides is 2. The number of carbonyl (C=O) groups is 2. The molecule has 1 aromatic carbocycles. The number of benzene rings is 1. The summed E-state index contributed by atoms with van der Waals surface area (Å²) in [4.78, 5) is 22.9. The van der Waals surface area contributed by atoms with Gasteiger partial charge in [0.15, 0.2) is 0 Å². The highest BCUT2D eigenvalue weighted by atomic mass is 16.2. The van der Waals surface area contributed by atoms with Crippen molar-refractivity contribution in [2.75, 3.05) is 5.32 Å². The molecule has 2 atom stereocenters. The van der Waals surface area contributed by atoms with Crippen LogP contribution >= 0.6 is 0 Å². The largest absolute Gasteiger partial charge is 0.350 e. The van der Waals surface area contributed by atoms with Crippen LogP contribution in [0, 0.1) is 5.92 Å². The highest BCUT2D eigenvalue weighted by Crippen LogP contribution is 2.23. The number of hydrogen-bond donors (Lipinski definition) is 2. The zero-order valence-electron chi connectivity index (χ0n) is 13.3. The van der Waals surface area contributed by atoms with Gasteiger partial charge >= 0.3 is 0 Å². The third-order valence-corrected chi connectivity index (χ3v) is 4.10. The van der Waals surface area contributed by atoms with E-state index in [4.69, 9.17) is 0 Å². The summed E-state index contributed by atoms with van der Waals surface area (Å²) in [5.74, 6) is 0.428. The van der Waals surface area contributed by atoms with Crippen LogP contribution in [0.1, 0.15) is 45.1 Å². The molecule has 0 aromatic heterocycles. The van der Waals surface area contributed by atoms with Crippen molar-refractivity contribution in [3.63, 3.8) is 0 Å². The Hall–Kier alpha value is -2.10. The molecule has 1 fully saturated rings. The Morgan fingerprint density at radius 3 is 2.45 bits per heavy atom. The topological polar surface area (TPSA) is 58.2 Å². The van der Waals surface area contributed by atoms with E-state index in [0.29, 0.717) is 12.0 Å². The summed E-state index contributed by atoms with van der Waals surface area (Å²) in [5, 5.41) is 5.81. The summed E-state index contributed by atoms with van der Waals surface area (Å²) in [6.07, 6.45) is 8.11. The van der Waals surface area contributed by atoms with Gasteiger partial charge in [-0.25, -0.2) is 0 Å². The summed E-state index contributed by atoms with van der Waals surface area (Å²) >= 11 is 0. The lowest BCUT2D eigenvalue weighted by molar-refractivity contribution is -0.117. The molecule has 2 unspecified atom stereocenters. The van der Waals surface area contributed by atoms with Gasteiger partial charge in [0.25, 0.3) is 0 Å². The summed E-state index contributed by atoms with van der Waals surface area (Å²) in [5.41, 5.74) is 1.69. The zero-order valence-corrected chi connectivity index (χ0v) is 13.3. The van der Waals surface area contributed by atoms with Gasteiger partial charge in [-0.3, -0.25) is 9.59 Å². The molecule has 1 aliphatic carbocycles. The van der Waals surface area contributed by atoms with Gasteiger partial charge in [-0.15, -0.1) is 0 Å². The molecule has 2 rings (SSSR count). The number of carbonyl (C=O) groups excluding carboxylic acids is 2. The van der Waals surface area contributed by atoms with Gasteiger partial charge in [0.1, 0.15) is 0 Å². The minimum absolute atomic E-state index is 0.0373. The number of anilines is 1. The monoisotopic (exact) mass is 300 g/mol. The molecule has 0 saturated heterocycles. The van der Waals surface area contributed by atoms with Crippen LogP contribution in [0.2, 0.25) is 0 Å². The molecule has 2 N–H and O–H groups in total. The van der Waals surface area contributed by atoms with Crippen LogP contribution < -0.4 is 10.6 Å². The zero-order chi connectivity index (χ0) is 15.9. The molecule has 1 saturated carbocycles. The van der Waals surface area contributed by atoms with Crippen molar-refractivity contribution < 1.29 is 9.59 Å². The SMILES string of the molecule is CC(=O)Nc1ccc(/C=C/C(=O)NC2CCCCC2C)cc1. The summed E-state index contributed by atoms with van der Waals surface area (Å²) in [7, 11) is 0. The molecule has 1 aromatic rings. The Morgan fingerprint density at radius 2 is 1.82 bits per heavy atom. The second kappa shape index (κ2) is 7.78. The molecule has 4 heteroatoms. The van der Waals surface area contributed by atoms with Crippen LogP contribution in [0.5, 0.6) is 0 Å². The minimum atomic E-state index is -0.0933. The second-order valence-corrected chi connectivity index (χ2v) is 6.01. The van der Waals surface area contributed by atoms with Crippen molar-refractivity contribution in [1.29, 1.82) is 0 Å². The van der Waals surface area contributed by atoms with Crippen LogP contribution in [0.25, 0.3) is 6.08 Å². The highest BCUT2D eigenvalue weighted by molar-refractivity contribution is 5.92. The lowest BCUT2D eigenvalue weighted by atomic mass is 9.86. The van der Waals surface area contributed by atoms with Crippen molar-refractivity contribution in [2.24, 2.45) is 5.92 Å². The molecular weight excluding hydrogens is 276 g/mol. The molecular formula is C18H24N2O2. The van der Waals surface area contributed by atoms with Gasteiger partial charge in [0.2, 0.25) is 11.8 Å². The maximum atomic E-state index is 12.0. The standard InChI is InChI=1S/C18H24N2O2/c1-13-5-3-4-6-17(13)20-18(22)12-9-15-7-10-16(11-8-15)19-14(2)21/h7-13,17H,3-6H2,1-2H3,(H,19,21)(H,20,22)/b12-9+. The Labute approximate surface area is 132 Å². The van der Waals surface area contributed by atoms with E-state index in [1.807, 2.05) is 24.3 Å². The fraction of sp³-hybridized carbons (Fsp3) is 0.444. The smallest absolute Gasteiger partial charge is 0.244 e. The number of hydrogen-bond acceptors (Lipinski definition) is 2. The molecule has 1 aliphatic rings. The van der Waals surface area contributed by atoms with E-state index in [-0.39, 0.29) is 11.8 Å². The van der Waals surface area contributed by atoms with E-state index in [1.54, 1.807) is 12.2 Å². The molecule has 22 heavy (non-hydrogen) atoms. The van der Waals surface area contributed by atoms with E-state index in [0.717, 1.165) is 17.7 Å². The lowest BCUT2D eigenvalue weighted by Gasteiger charge is -2.29. The quantitative estimate of drug-likeness (QED) is 0.838. The summed E-state index contributed by atoms with van der Waals surface area (Å²) < 4.78 is 0. The first-order valence-corrected chi connectivity index (χ1v) is 7.91. The van der Waals surface area contributed by atoms with Gasteiger partial charge in [0, 0.05) is 24.7 Å². The first kappa shape index (κ1) is 16.3. The van der Waals surface area contributed by atoms with E-state index in [2.05, 4.69) is 17.6 Å². The average Bonchev–Trinajstić information content (AvgIpc) is 2.48. The van der Waals surface area contributed by atoms with E-state index < -0.39 is 0 Å². The maximum Gasteiger partial charge on any atom is 0.244 e. The van der Waals surface area contributed by atoms with Gasteiger partial charge in [-0.2, -0.15) is 0 Å². The fourth-order valence-electron chi connectivity index (χ4n) is 2.81. The van der Waals surface area contributed by atoms with Gasteiger partial charge in [0.05, 0.1) is 0 Å². The predicted molar refractivity (Wildman–Crippen MR) is 89.3 cm³/mol. The summed E-state index contributed by atoms with van der Waals surface area (Å²) in [6.45, 7) is 3.68. The molecule has 4 nitrogen and oxygen atoms in total. The van der Waals surface area contributed by atoms with E-state index in [1.165, 1.54) is 26.2 Å². The highest BCUT2D eigenvalue weighted by Gasteiger charge is 2.21. The van der Waals surface area contributed by atoms with E-state index >= 15 is 0 Å². The molecule has 0 radical (unpaired) electrons. The summed E-state index contributed by atoms with van der Waals surface area (Å²) in [6, 6.07) is 7.69. The van der Waals surface area contributed by atoms with Crippen LogP contribution in [0.4, 0.5) is 5.69 Å². The van der Waals surface area contributed by atoms with Crippen molar-refractivity contribution >= 4 is 23.6 Å². The van der Waals surface area contributed by atoms with Crippen LogP contribution in [0.3, 0.4) is 0 Å². The van der Waals surface area contributed by atoms with Crippen LogP contribution in [0.15, 0.2) is 30.3 Å². The fourth-order valence-corrected chi connectivity index (χ4v) is 2.81. The van der Waals surface area contributed by atoms with Crippen molar-refractivity contribution in [3.8, 4) is 0 Å². The Bertz CT molecular complexity index is 549. The first-order valence-electron chi connectivity index (χ1n) is 7.91. The van der Waals surface area contributed by atoms with Crippen LogP contribution in [-0.4, -0.2) is 17.9 Å². The normalized spacial score (nSPS) is 21.5. The van der Waals surface area contributed by atoms with Crippen LogP contribution in [-0.2, 0) is 9.59 Å². The van der Waals surface area contributed by atoms with Crippen molar-refractivity contribution in [3.05, 3.63) is 35.9 Å². The predicted octanol–water partition coefficient (Wildman–Crippen LogP) is 3.35. The third-order valence-electron chi connectivity index (χ3n) is 4.10. The van der Waals surface area contributed by atoms with Crippen molar-refractivity contribution in [2.45, 2.75) is 45.6 Å². The molecule has 0 aliphatic heterocycles. The number of rotatable bonds is 4. The lowest BCUT2D eigenvalue weighted by Crippen LogP contribution is -2.40. The van der Waals surface area contributed by atoms with Gasteiger partial charge in [-0.1, -0.05) is 31.9 Å².